The van der Waals surface area contributed by atoms with Gasteiger partial charge in [-0.1, -0.05) is 87.2 Å². The van der Waals surface area contributed by atoms with E-state index in [-0.39, 0.29) is 5.91 Å². The third-order valence-corrected chi connectivity index (χ3v) is 7.79. The number of nitrogens with zero attached hydrogens (tertiary/aromatic N) is 1. The molecule has 0 heterocycles. The van der Waals surface area contributed by atoms with Gasteiger partial charge in [0.1, 0.15) is 0 Å². The van der Waals surface area contributed by atoms with Crippen molar-refractivity contribution < 1.29 is 4.79 Å². The normalized spacial score (nSPS) is 12.6. The third-order valence-electron chi connectivity index (χ3n) is 4.50. The molecule has 0 aliphatic heterocycles. The Labute approximate surface area is 170 Å². The second kappa shape index (κ2) is 10.7. The lowest BCUT2D eigenvalue weighted by Crippen LogP contribution is -2.31. The lowest BCUT2D eigenvalue weighted by molar-refractivity contribution is -0.132. The molecular weight excluding hydrogens is 366 g/mol. The zero-order chi connectivity index (χ0) is 19.7. The fourth-order valence-corrected chi connectivity index (χ4v) is 6.42. The number of hydrogen-bond donors (Lipinski definition) is 0. The molecule has 0 unspecified atom stereocenters. The van der Waals surface area contributed by atoms with Gasteiger partial charge in [0.2, 0.25) is 5.91 Å². The van der Waals surface area contributed by atoms with Gasteiger partial charge in [0.25, 0.3) is 0 Å². The van der Waals surface area contributed by atoms with Crippen LogP contribution in [0.5, 0.6) is 0 Å². The molecule has 0 radical (unpaired) electrons. The van der Waals surface area contributed by atoms with Gasteiger partial charge in [-0.15, -0.1) is 0 Å². The van der Waals surface area contributed by atoms with E-state index in [1.807, 2.05) is 53.1 Å². The van der Waals surface area contributed by atoms with Gasteiger partial charge in [-0.2, -0.15) is 11.8 Å². The van der Waals surface area contributed by atoms with E-state index in [9.17, 15) is 4.79 Å². The molecule has 2 aromatic carbocycles. The highest BCUT2D eigenvalue weighted by atomic mass is 32.2. The van der Waals surface area contributed by atoms with Crippen LogP contribution >= 0.6 is 11.8 Å². The van der Waals surface area contributed by atoms with Crippen molar-refractivity contribution in [2.45, 2.75) is 57.4 Å². The van der Waals surface area contributed by atoms with E-state index >= 15 is 0 Å². The highest BCUT2D eigenvalue weighted by Crippen LogP contribution is 2.21. The van der Waals surface area contributed by atoms with Crippen molar-refractivity contribution in [3.8, 4) is 0 Å². The molecule has 1 amide bonds. The Morgan fingerprint density at radius 2 is 1.41 bits per heavy atom. The minimum Gasteiger partial charge on any atom is -0.334 e. The Hall–Kier alpha value is -1.52. The Balaban J connectivity index is 1.97. The van der Waals surface area contributed by atoms with E-state index in [0.717, 1.165) is 0 Å². The highest BCUT2D eigenvalue weighted by molar-refractivity contribution is 8.00. The summed E-state index contributed by atoms with van der Waals surface area (Å²) in [5.74, 6) is 1.41. The molecule has 0 aromatic heterocycles. The molecule has 4 heteroatoms. The maximum Gasteiger partial charge on any atom is 0.224 e. The molecule has 0 aliphatic carbocycles. The van der Waals surface area contributed by atoms with Crippen LogP contribution in [0.15, 0.2) is 60.7 Å². The summed E-state index contributed by atoms with van der Waals surface area (Å²) in [6.45, 7) is 10.7. The van der Waals surface area contributed by atoms with Crippen LogP contribution < -0.4 is 0 Å². The van der Waals surface area contributed by atoms with Crippen LogP contribution in [-0.2, 0) is 17.9 Å². The van der Waals surface area contributed by atoms with Gasteiger partial charge in [-0.05, 0) is 22.9 Å². The van der Waals surface area contributed by atoms with Crippen LogP contribution in [0, 0.1) is 0 Å². The fraction of sp³-hybridized carbons (Fsp3) is 0.435. The van der Waals surface area contributed by atoms with Gasteiger partial charge in [-0.25, -0.2) is 0 Å². The Morgan fingerprint density at radius 3 is 1.85 bits per heavy atom. The minimum atomic E-state index is -1.00. The second-order valence-electron chi connectivity index (χ2n) is 8.42. The summed E-state index contributed by atoms with van der Waals surface area (Å²) in [5, 5.41) is 0.364. The highest BCUT2D eigenvalue weighted by Gasteiger charge is 2.19. The average Bonchev–Trinajstić information content (AvgIpc) is 2.62. The number of carbonyl (C=O) groups excluding carboxylic acids is 1. The summed E-state index contributed by atoms with van der Waals surface area (Å²) in [6, 6.07) is 21.9. The Morgan fingerprint density at radius 1 is 0.926 bits per heavy atom. The molecule has 27 heavy (non-hydrogen) atoms. The summed E-state index contributed by atoms with van der Waals surface area (Å²) in [5.41, 5.74) is 2.36. The molecule has 0 bridgehead atoms. The largest absolute Gasteiger partial charge is 0.334 e. The molecule has 0 aliphatic rings. The summed E-state index contributed by atoms with van der Waals surface area (Å²) in [6.07, 6.45) is 0.607. The maximum absolute atomic E-state index is 13.0. The summed E-state index contributed by atoms with van der Waals surface area (Å²) in [7, 11) is -1.00. The zero-order valence-electron chi connectivity index (χ0n) is 17.2. The number of benzene rings is 2. The maximum atomic E-state index is 13.0. The van der Waals surface area contributed by atoms with Crippen LogP contribution in [0.3, 0.4) is 0 Å². The predicted octanol–water partition coefficient (Wildman–Crippen LogP) is 6.07. The van der Waals surface area contributed by atoms with Gasteiger partial charge in [0.05, 0.1) is 0 Å². The summed E-state index contributed by atoms with van der Waals surface area (Å²) < 4.78 is 0. The van der Waals surface area contributed by atoms with Crippen molar-refractivity contribution in [2.24, 2.45) is 0 Å². The predicted molar refractivity (Wildman–Crippen MR) is 122 cm³/mol. The molecule has 0 spiro atoms. The molecule has 0 N–H and O–H groups in total. The first-order valence-electron chi connectivity index (χ1n) is 9.81. The van der Waals surface area contributed by atoms with E-state index in [1.165, 1.54) is 22.9 Å². The van der Waals surface area contributed by atoms with Gasteiger partial charge in [0.15, 0.2) is 0 Å². The summed E-state index contributed by atoms with van der Waals surface area (Å²) >= 11 is 1.95. The first kappa shape index (κ1) is 21.8. The third kappa shape index (κ3) is 8.80. The quantitative estimate of drug-likeness (QED) is 0.452. The zero-order valence-corrected chi connectivity index (χ0v) is 19.0. The van der Waals surface area contributed by atoms with Gasteiger partial charge >= 0.3 is 0 Å². The number of amides is 1. The van der Waals surface area contributed by atoms with Crippen molar-refractivity contribution >= 4 is 25.7 Å². The summed E-state index contributed by atoms with van der Waals surface area (Å²) in [4.78, 5) is 15.0. The van der Waals surface area contributed by atoms with E-state index in [0.29, 0.717) is 24.8 Å². The van der Waals surface area contributed by atoms with Gasteiger partial charge < -0.3 is 4.90 Å². The number of rotatable bonds is 10. The molecule has 2 rings (SSSR count). The van der Waals surface area contributed by atoms with Gasteiger partial charge in [0, 0.05) is 32.8 Å². The molecule has 0 fully saturated rings. The second-order valence-corrected chi connectivity index (χ2v) is 15.6. The van der Waals surface area contributed by atoms with Crippen molar-refractivity contribution in [3.05, 3.63) is 71.8 Å². The number of thioether (sulfide) groups is 1. The van der Waals surface area contributed by atoms with Crippen LogP contribution in [0.4, 0.5) is 0 Å². The lowest BCUT2D eigenvalue weighted by atomic mass is 10.1. The Kier molecular flexibility index (Phi) is 8.64. The molecule has 0 saturated carbocycles. The SMILES string of the molecule is C[C@@H](CC(=O)N(Cc1ccccc1)Cc1ccccc1)SCC[Si](C)(C)C. The Bertz CT molecular complexity index is 643. The van der Waals surface area contributed by atoms with Crippen molar-refractivity contribution in [1.29, 1.82) is 0 Å². The van der Waals surface area contributed by atoms with E-state index < -0.39 is 8.07 Å². The van der Waals surface area contributed by atoms with Crippen molar-refractivity contribution in [3.63, 3.8) is 0 Å². The van der Waals surface area contributed by atoms with Gasteiger partial charge in [-0.3, -0.25) is 4.79 Å². The first-order chi connectivity index (χ1) is 12.8. The van der Waals surface area contributed by atoms with E-state index in [2.05, 4.69) is 50.8 Å². The average molecular weight is 400 g/mol. The van der Waals surface area contributed by atoms with Crippen LogP contribution in [0.1, 0.15) is 24.5 Å². The van der Waals surface area contributed by atoms with Crippen molar-refractivity contribution in [1.82, 2.24) is 4.90 Å². The molecule has 2 nitrogen and oxygen atoms in total. The molecule has 2 aromatic rings. The standard InChI is InChI=1S/C23H33NOSSi/c1-20(26-15-16-27(2,3)4)17-23(25)24(18-21-11-7-5-8-12-21)19-22-13-9-6-10-14-22/h5-14,20H,15-19H2,1-4H3/t20-/m0/s1. The first-order valence-corrected chi connectivity index (χ1v) is 14.6. The topological polar surface area (TPSA) is 20.3 Å². The molecule has 1 atom stereocenters. The monoisotopic (exact) mass is 399 g/mol. The molecule has 0 saturated heterocycles. The lowest BCUT2D eigenvalue weighted by Gasteiger charge is -2.25. The fourth-order valence-electron chi connectivity index (χ4n) is 2.84. The smallest absolute Gasteiger partial charge is 0.224 e. The number of carbonyl (C=O) groups is 1. The van der Waals surface area contributed by atoms with Crippen LogP contribution in [-0.4, -0.2) is 29.9 Å². The number of hydrogen-bond acceptors (Lipinski definition) is 2. The molecular formula is C23H33NOSSi. The minimum absolute atomic E-state index is 0.246. The van der Waals surface area contributed by atoms with Crippen LogP contribution in [0.2, 0.25) is 25.7 Å². The molecule has 146 valence electrons. The van der Waals surface area contributed by atoms with E-state index in [1.54, 1.807) is 0 Å². The van der Waals surface area contributed by atoms with Crippen molar-refractivity contribution in [2.75, 3.05) is 5.75 Å². The van der Waals surface area contributed by atoms with Crippen LogP contribution in [0.25, 0.3) is 0 Å². The van der Waals surface area contributed by atoms with E-state index in [4.69, 9.17) is 0 Å².